The van der Waals surface area contributed by atoms with Crippen LogP contribution in [0.3, 0.4) is 0 Å². The number of amides is 1. The van der Waals surface area contributed by atoms with E-state index >= 15 is 0 Å². The molecule has 1 fully saturated rings. The number of hydrogen-bond donors (Lipinski definition) is 1. The van der Waals surface area contributed by atoms with Gasteiger partial charge < -0.3 is 10.2 Å². The Hall–Kier alpha value is -2.98. The normalized spacial score (nSPS) is 14.4. The smallest absolute Gasteiger partial charge is 0.255 e. The molecule has 2 aromatic carbocycles. The number of carbonyl (C=O) groups is 1. The van der Waals surface area contributed by atoms with Gasteiger partial charge in [-0.2, -0.15) is 4.68 Å². The first-order valence-corrected chi connectivity index (χ1v) is 12.5. The maximum absolute atomic E-state index is 13.0. The van der Waals surface area contributed by atoms with E-state index < -0.39 is 9.84 Å². The summed E-state index contributed by atoms with van der Waals surface area (Å²) in [6, 6.07) is 11.5. The average molecular weight is 475 g/mol. The number of hydrogen-bond acceptors (Lipinski definition) is 7. The number of nitrogens with one attached hydrogen (secondary N) is 1. The molecule has 0 spiro atoms. The average Bonchev–Trinajstić information content (AvgIpc) is 3.26. The Bertz CT molecular complexity index is 1220. The van der Waals surface area contributed by atoms with E-state index in [1.165, 1.54) is 16.8 Å². The third-order valence-electron chi connectivity index (χ3n) is 5.34. The Labute approximate surface area is 191 Å². The summed E-state index contributed by atoms with van der Waals surface area (Å²) in [4.78, 5) is 15.1. The van der Waals surface area contributed by atoms with Gasteiger partial charge in [0, 0.05) is 30.1 Å². The quantitative estimate of drug-likeness (QED) is 0.584. The van der Waals surface area contributed by atoms with Crippen molar-refractivity contribution in [2.45, 2.75) is 30.7 Å². The Morgan fingerprint density at radius 3 is 2.50 bits per heavy atom. The van der Waals surface area contributed by atoms with Crippen LogP contribution in [0.15, 0.2) is 47.4 Å². The highest BCUT2D eigenvalue weighted by Gasteiger charge is 2.21. The largest absolute Gasteiger partial charge is 0.377 e. The molecular formula is C21H23ClN6O3S. The molecule has 2 heterocycles. The minimum absolute atomic E-state index is 0.0279. The summed E-state index contributed by atoms with van der Waals surface area (Å²) < 4.78 is 24.9. The fourth-order valence-corrected chi connectivity index (χ4v) is 4.44. The molecular weight excluding hydrogens is 452 g/mol. The molecule has 0 aliphatic carbocycles. The van der Waals surface area contributed by atoms with Gasteiger partial charge in [-0.25, -0.2) is 8.42 Å². The van der Waals surface area contributed by atoms with Crippen LogP contribution >= 0.6 is 11.6 Å². The maximum Gasteiger partial charge on any atom is 0.255 e. The van der Waals surface area contributed by atoms with Crippen molar-refractivity contribution < 1.29 is 13.2 Å². The number of nitrogens with zero attached hydrogens (tertiary/aromatic N) is 5. The minimum Gasteiger partial charge on any atom is -0.377 e. The van der Waals surface area contributed by atoms with Crippen molar-refractivity contribution in [3.63, 3.8) is 0 Å². The summed E-state index contributed by atoms with van der Waals surface area (Å²) in [6.45, 7) is 1.74. The van der Waals surface area contributed by atoms with Crippen molar-refractivity contribution in [3.05, 3.63) is 58.9 Å². The van der Waals surface area contributed by atoms with Gasteiger partial charge in [0.05, 0.1) is 22.7 Å². The molecule has 9 nitrogen and oxygen atoms in total. The lowest BCUT2D eigenvalue weighted by molar-refractivity contribution is 0.0725. The van der Waals surface area contributed by atoms with Gasteiger partial charge >= 0.3 is 0 Å². The number of piperidine rings is 1. The van der Waals surface area contributed by atoms with E-state index in [1.54, 1.807) is 30.3 Å². The third kappa shape index (κ3) is 4.91. The van der Waals surface area contributed by atoms with Crippen LogP contribution in [0.25, 0.3) is 5.69 Å². The first kappa shape index (κ1) is 22.2. The SMILES string of the molecule is CS(=O)(=O)c1ccc(-n2nnnc2CNc2cc(Cl)ccc2C(=O)N2CCCCC2)cc1. The second-order valence-corrected chi connectivity index (χ2v) is 10.1. The first-order chi connectivity index (χ1) is 15.3. The number of aromatic nitrogens is 4. The molecule has 32 heavy (non-hydrogen) atoms. The van der Waals surface area contributed by atoms with Gasteiger partial charge in [-0.05, 0) is 72.2 Å². The van der Waals surface area contributed by atoms with E-state index in [2.05, 4.69) is 20.8 Å². The zero-order valence-corrected chi connectivity index (χ0v) is 19.1. The molecule has 168 valence electrons. The third-order valence-corrected chi connectivity index (χ3v) is 6.70. The van der Waals surface area contributed by atoms with Crippen molar-refractivity contribution in [1.29, 1.82) is 0 Å². The van der Waals surface area contributed by atoms with Crippen LogP contribution in [-0.4, -0.2) is 58.8 Å². The monoisotopic (exact) mass is 474 g/mol. The Balaban J connectivity index is 1.54. The lowest BCUT2D eigenvalue weighted by Crippen LogP contribution is -2.36. The molecule has 1 aliphatic rings. The van der Waals surface area contributed by atoms with Crippen LogP contribution in [0, 0.1) is 0 Å². The van der Waals surface area contributed by atoms with Gasteiger partial charge in [0.25, 0.3) is 5.91 Å². The van der Waals surface area contributed by atoms with E-state index in [0.717, 1.165) is 38.6 Å². The van der Waals surface area contributed by atoms with Crippen LogP contribution in [0.4, 0.5) is 5.69 Å². The zero-order valence-electron chi connectivity index (χ0n) is 17.5. The zero-order chi connectivity index (χ0) is 22.7. The van der Waals surface area contributed by atoms with Crippen molar-refractivity contribution in [2.75, 3.05) is 24.7 Å². The molecule has 1 aromatic heterocycles. The van der Waals surface area contributed by atoms with E-state index in [1.807, 2.05) is 4.90 Å². The second kappa shape index (κ2) is 9.25. The summed E-state index contributed by atoms with van der Waals surface area (Å²) in [5.74, 6) is 0.466. The fourth-order valence-electron chi connectivity index (χ4n) is 3.64. The molecule has 0 bridgehead atoms. The highest BCUT2D eigenvalue weighted by atomic mass is 35.5. The summed E-state index contributed by atoms with van der Waals surface area (Å²) in [5.41, 5.74) is 1.78. The van der Waals surface area contributed by atoms with Crippen LogP contribution in [0.5, 0.6) is 0 Å². The molecule has 1 saturated heterocycles. The standard InChI is InChI=1S/C21H23ClN6O3S/c1-32(30,31)17-8-6-16(7-9-17)28-20(24-25-26-28)14-23-19-13-15(22)5-10-18(19)21(29)27-11-3-2-4-12-27/h5-10,13,23H,2-4,11-12,14H2,1H3. The van der Waals surface area contributed by atoms with Gasteiger partial charge in [-0.15, -0.1) is 5.10 Å². The second-order valence-electron chi connectivity index (χ2n) is 7.67. The number of halogens is 1. The van der Waals surface area contributed by atoms with E-state index in [9.17, 15) is 13.2 Å². The topological polar surface area (TPSA) is 110 Å². The van der Waals surface area contributed by atoms with Gasteiger partial charge in [0.15, 0.2) is 15.7 Å². The van der Waals surface area contributed by atoms with Crippen molar-refractivity contribution in [3.8, 4) is 5.69 Å². The number of sulfone groups is 1. The Morgan fingerprint density at radius 2 is 1.81 bits per heavy atom. The van der Waals surface area contributed by atoms with Crippen molar-refractivity contribution in [1.82, 2.24) is 25.1 Å². The predicted molar refractivity (Wildman–Crippen MR) is 121 cm³/mol. The number of rotatable bonds is 6. The predicted octanol–water partition coefficient (Wildman–Crippen LogP) is 2.96. The Kier molecular flexibility index (Phi) is 6.43. The molecule has 11 heteroatoms. The highest BCUT2D eigenvalue weighted by Crippen LogP contribution is 2.25. The summed E-state index contributed by atoms with van der Waals surface area (Å²) in [7, 11) is -3.29. The maximum atomic E-state index is 13.0. The summed E-state index contributed by atoms with van der Waals surface area (Å²) in [5, 5.41) is 15.5. The summed E-state index contributed by atoms with van der Waals surface area (Å²) >= 11 is 6.19. The molecule has 0 unspecified atom stereocenters. The van der Waals surface area contributed by atoms with E-state index in [4.69, 9.17) is 11.6 Å². The molecule has 0 saturated carbocycles. The molecule has 1 amide bonds. The summed E-state index contributed by atoms with van der Waals surface area (Å²) in [6.07, 6.45) is 4.31. The number of benzene rings is 2. The lowest BCUT2D eigenvalue weighted by atomic mass is 10.1. The minimum atomic E-state index is -3.29. The molecule has 3 aromatic rings. The van der Waals surface area contributed by atoms with E-state index in [0.29, 0.717) is 27.8 Å². The molecule has 1 N–H and O–H groups in total. The molecule has 4 rings (SSSR count). The highest BCUT2D eigenvalue weighted by molar-refractivity contribution is 7.90. The van der Waals surface area contributed by atoms with Crippen molar-refractivity contribution in [2.24, 2.45) is 0 Å². The number of carbonyl (C=O) groups excluding carboxylic acids is 1. The number of anilines is 1. The van der Waals surface area contributed by atoms with Crippen LogP contribution in [-0.2, 0) is 16.4 Å². The Morgan fingerprint density at radius 1 is 1.09 bits per heavy atom. The van der Waals surface area contributed by atoms with Crippen LogP contribution in [0.2, 0.25) is 5.02 Å². The fraction of sp³-hybridized carbons (Fsp3) is 0.333. The molecule has 1 aliphatic heterocycles. The molecule has 0 radical (unpaired) electrons. The van der Waals surface area contributed by atoms with Crippen LogP contribution < -0.4 is 5.32 Å². The van der Waals surface area contributed by atoms with Crippen molar-refractivity contribution >= 4 is 33.0 Å². The van der Waals surface area contributed by atoms with E-state index in [-0.39, 0.29) is 17.3 Å². The molecule has 0 atom stereocenters. The first-order valence-electron chi connectivity index (χ1n) is 10.2. The number of tetrazole rings is 1. The van der Waals surface area contributed by atoms with Gasteiger partial charge in [0.2, 0.25) is 0 Å². The van der Waals surface area contributed by atoms with Gasteiger partial charge in [0.1, 0.15) is 0 Å². The lowest BCUT2D eigenvalue weighted by Gasteiger charge is -2.27. The number of likely N-dealkylation sites (tertiary alicyclic amines) is 1. The van der Waals surface area contributed by atoms with Gasteiger partial charge in [-0.3, -0.25) is 4.79 Å². The van der Waals surface area contributed by atoms with Crippen LogP contribution in [0.1, 0.15) is 35.4 Å². The van der Waals surface area contributed by atoms with Gasteiger partial charge in [-0.1, -0.05) is 11.6 Å².